The molecule has 0 atom stereocenters. The number of carbonyl (C=O) groups excluding carboxylic acids is 1. The van der Waals surface area contributed by atoms with E-state index < -0.39 is 4.92 Å². The summed E-state index contributed by atoms with van der Waals surface area (Å²) in [5.74, 6) is -0.156. The topological polar surface area (TPSA) is 84.3 Å². The molecule has 0 fully saturated rings. The van der Waals surface area contributed by atoms with Crippen LogP contribution in [0.4, 0.5) is 11.4 Å². The molecule has 0 bridgehead atoms. The lowest BCUT2D eigenvalue weighted by Crippen LogP contribution is -2.18. The number of nitrogens with one attached hydrogen (secondary N) is 2. The molecule has 1 amide bonds. The number of amides is 1. The van der Waals surface area contributed by atoms with E-state index in [1.807, 2.05) is 6.07 Å². The van der Waals surface area contributed by atoms with Crippen molar-refractivity contribution in [1.82, 2.24) is 5.32 Å². The lowest BCUT2D eigenvalue weighted by atomic mass is 10.1. The Hall–Kier alpha value is -2.60. The van der Waals surface area contributed by atoms with Crippen LogP contribution in [0.15, 0.2) is 36.4 Å². The Labute approximate surface area is 138 Å². The molecule has 2 aromatic carbocycles. The molecule has 6 nitrogen and oxygen atoms in total. The highest BCUT2D eigenvalue weighted by Crippen LogP contribution is 2.31. The van der Waals surface area contributed by atoms with E-state index in [9.17, 15) is 14.9 Å². The maximum absolute atomic E-state index is 11.6. The summed E-state index contributed by atoms with van der Waals surface area (Å²) in [6.45, 7) is 2.20. The molecule has 0 saturated heterocycles. The SMILES string of the molecule is CNC(=O)c1cccc(CNc2c(C)cc([N+](=O)[O-])cc2Cl)c1. The molecule has 0 saturated carbocycles. The molecule has 0 aliphatic carbocycles. The minimum absolute atomic E-state index is 0.0420. The van der Waals surface area contributed by atoms with Gasteiger partial charge in [-0.05, 0) is 30.2 Å². The standard InChI is InChI=1S/C16H16ClN3O3/c1-10-6-13(20(22)23)8-14(17)15(10)19-9-11-4-3-5-12(7-11)16(21)18-2/h3-8,19H,9H2,1-2H3,(H,18,21). The molecule has 0 aliphatic heterocycles. The van der Waals surface area contributed by atoms with Crippen LogP contribution in [0, 0.1) is 17.0 Å². The summed E-state index contributed by atoms with van der Waals surface area (Å²) in [4.78, 5) is 22.0. The Morgan fingerprint density at radius 1 is 1.30 bits per heavy atom. The van der Waals surface area contributed by atoms with E-state index in [1.165, 1.54) is 12.1 Å². The van der Waals surface area contributed by atoms with Gasteiger partial charge < -0.3 is 10.6 Å². The fraction of sp³-hybridized carbons (Fsp3) is 0.188. The first kappa shape index (κ1) is 16.8. The highest BCUT2D eigenvalue weighted by Gasteiger charge is 2.13. The first-order valence-electron chi connectivity index (χ1n) is 6.92. The van der Waals surface area contributed by atoms with Gasteiger partial charge >= 0.3 is 0 Å². The van der Waals surface area contributed by atoms with Gasteiger partial charge in [0.25, 0.3) is 11.6 Å². The first-order chi connectivity index (χ1) is 10.9. The Bertz CT molecular complexity index is 739. The van der Waals surface area contributed by atoms with Gasteiger partial charge in [-0.25, -0.2) is 0 Å². The van der Waals surface area contributed by atoms with E-state index in [0.717, 1.165) is 5.56 Å². The predicted octanol–water partition coefficient (Wildman–Crippen LogP) is 3.53. The van der Waals surface area contributed by atoms with Crippen molar-refractivity contribution in [3.8, 4) is 0 Å². The van der Waals surface area contributed by atoms with Crippen LogP contribution >= 0.6 is 11.6 Å². The van der Waals surface area contributed by atoms with Crippen molar-refractivity contribution in [3.63, 3.8) is 0 Å². The monoisotopic (exact) mass is 333 g/mol. The molecule has 0 aliphatic rings. The number of rotatable bonds is 5. The van der Waals surface area contributed by atoms with Crippen molar-refractivity contribution in [2.75, 3.05) is 12.4 Å². The minimum Gasteiger partial charge on any atom is -0.380 e. The number of nitro benzene ring substituents is 1. The van der Waals surface area contributed by atoms with Crippen LogP contribution in [-0.2, 0) is 6.54 Å². The van der Waals surface area contributed by atoms with E-state index in [-0.39, 0.29) is 11.6 Å². The van der Waals surface area contributed by atoms with Gasteiger partial charge in [0.1, 0.15) is 0 Å². The summed E-state index contributed by atoms with van der Waals surface area (Å²) in [6, 6.07) is 9.97. The van der Waals surface area contributed by atoms with E-state index >= 15 is 0 Å². The van der Waals surface area contributed by atoms with Crippen LogP contribution < -0.4 is 10.6 Å². The molecule has 23 heavy (non-hydrogen) atoms. The summed E-state index contributed by atoms with van der Waals surface area (Å²) < 4.78 is 0. The van der Waals surface area contributed by atoms with Crippen molar-refractivity contribution in [3.05, 3.63) is 68.2 Å². The van der Waals surface area contributed by atoms with Gasteiger partial charge in [0.2, 0.25) is 0 Å². The average molecular weight is 334 g/mol. The maximum atomic E-state index is 11.6. The third kappa shape index (κ3) is 3.98. The van der Waals surface area contributed by atoms with Gasteiger partial charge in [-0.15, -0.1) is 0 Å². The lowest BCUT2D eigenvalue weighted by Gasteiger charge is -2.12. The molecule has 120 valence electrons. The number of hydrogen-bond acceptors (Lipinski definition) is 4. The highest BCUT2D eigenvalue weighted by molar-refractivity contribution is 6.33. The number of carbonyl (C=O) groups is 1. The smallest absolute Gasteiger partial charge is 0.271 e. The van der Waals surface area contributed by atoms with Crippen molar-refractivity contribution >= 4 is 28.9 Å². The number of anilines is 1. The molecule has 7 heteroatoms. The molecule has 0 aromatic heterocycles. The molecular formula is C16H16ClN3O3. The molecule has 2 aromatic rings. The second-order valence-electron chi connectivity index (χ2n) is 5.01. The predicted molar refractivity (Wildman–Crippen MR) is 90.0 cm³/mol. The summed E-state index contributed by atoms with van der Waals surface area (Å²) in [7, 11) is 1.58. The normalized spacial score (nSPS) is 10.2. The quantitative estimate of drug-likeness (QED) is 0.647. The number of hydrogen-bond donors (Lipinski definition) is 2. The molecule has 2 rings (SSSR count). The maximum Gasteiger partial charge on any atom is 0.271 e. The molecule has 0 radical (unpaired) electrons. The van der Waals surface area contributed by atoms with Crippen LogP contribution in [0.1, 0.15) is 21.5 Å². The molecule has 0 heterocycles. The highest BCUT2D eigenvalue weighted by atomic mass is 35.5. The second kappa shape index (κ2) is 7.11. The number of aryl methyl sites for hydroxylation is 1. The van der Waals surface area contributed by atoms with Crippen molar-refractivity contribution in [2.24, 2.45) is 0 Å². The van der Waals surface area contributed by atoms with E-state index in [4.69, 9.17) is 11.6 Å². The van der Waals surface area contributed by atoms with Crippen molar-refractivity contribution in [1.29, 1.82) is 0 Å². The zero-order chi connectivity index (χ0) is 17.0. The largest absolute Gasteiger partial charge is 0.380 e. The summed E-state index contributed by atoms with van der Waals surface area (Å²) in [6.07, 6.45) is 0. The zero-order valence-electron chi connectivity index (χ0n) is 12.7. The molecular weight excluding hydrogens is 318 g/mol. The average Bonchev–Trinajstić information content (AvgIpc) is 2.53. The van der Waals surface area contributed by atoms with Crippen LogP contribution in [0.25, 0.3) is 0 Å². The molecule has 2 N–H and O–H groups in total. The van der Waals surface area contributed by atoms with Gasteiger partial charge in [-0.2, -0.15) is 0 Å². The second-order valence-corrected chi connectivity index (χ2v) is 5.42. The van der Waals surface area contributed by atoms with Gasteiger partial charge in [0.05, 0.1) is 15.6 Å². The summed E-state index contributed by atoms with van der Waals surface area (Å²) in [5.41, 5.74) is 2.76. The Morgan fingerprint density at radius 2 is 2.04 bits per heavy atom. The number of halogens is 1. The van der Waals surface area contributed by atoms with Crippen LogP contribution in [0.5, 0.6) is 0 Å². The van der Waals surface area contributed by atoms with Gasteiger partial charge in [0.15, 0.2) is 0 Å². The molecule has 0 unspecified atom stereocenters. The fourth-order valence-electron chi connectivity index (χ4n) is 2.21. The van der Waals surface area contributed by atoms with Gasteiger partial charge in [-0.1, -0.05) is 23.7 Å². The van der Waals surface area contributed by atoms with Gasteiger partial charge in [0, 0.05) is 31.3 Å². The third-order valence-corrected chi connectivity index (χ3v) is 3.67. The number of benzene rings is 2. The summed E-state index contributed by atoms with van der Waals surface area (Å²) >= 11 is 6.12. The zero-order valence-corrected chi connectivity index (χ0v) is 13.5. The first-order valence-corrected chi connectivity index (χ1v) is 7.29. The van der Waals surface area contributed by atoms with Crippen LogP contribution in [-0.4, -0.2) is 17.9 Å². The third-order valence-electron chi connectivity index (χ3n) is 3.37. The Balaban J connectivity index is 2.18. The van der Waals surface area contributed by atoms with Crippen LogP contribution in [0.3, 0.4) is 0 Å². The van der Waals surface area contributed by atoms with E-state index in [2.05, 4.69) is 10.6 Å². The Morgan fingerprint density at radius 3 is 2.65 bits per heavy atom. The lowest BCUT2D eigenvalue weighted by molar-refractivity contribution is -0.384. The van der Waals surface area contributed by atoms with E-state index in [0.29, 0.717) is 28.4 Å². The number of nitrogens with zero attached hydrogens (tertiary/aromatic N) is 1. The fourth-order valence-corrected chi connectivity index (χ4v) is 2.54. The van der Waals surface area contributed by atoms with Crippen molar-refractivity contribution in [2.45, 2.75) is 13.5 Å². The minimum atomic E-state index is -0.477. The van der Waals surface area contributed by atoms with Crippen LogP contribution in [0.2, 0.25) is 5.02 Å². The van der Waals surface area contributed by atoms with Crippen molar-refractivity contribution < 1.29 is 9.72 Å². The number of nitro groups is 1. The van der Waals surface area contributed by atoms with Gasteiger partial charge in [-0.3, -0.25) is 14.9 Å². The molecule has 0 spiro atoms. The number of non-ortho nitro benzene ring substituents is 1. The Kier molecular flexibility index (Phi) is 5.18. The van der Waals surface area contributed by atoms with E-state index in [1.54, 1.807) is 32.2 Å². The summed E-state index contributed by atoms with van der Waals surface area (Å²) in [5, 5.41) is 16.8.